The summed E-state index contributed by atoms with van der Waals surface area (Å²) in [5.41, 5.74) is 3.42. The number of fused-ring (bicyclic) bond motifs is 1. The molecule has 0 fully saturated rings. The zero-order valence-corrected chi connectivity index (χ0v) is 20.8. The van der Waals surface area contributed by atoms with Crippen LogP contribution >= 0.6 is 0 Å². The first-order valence-corrected chi connectivity index (χ1v) is 12.3. The second kappa shape index (κ2) is 10.8. The van der Waals surface area contributed by atoms with Crippen molar-refractivity contribution < 1.29 is 27.5 Å². The van der Waals surface area contributed by atoms with Crippen molar-refractivity contribution in [1.82, 2.24) is 0 Å². The summed E-state index contributed by atoms with van der Waals surface area (Å²) in [7, 11) is 1.25. The molecule has 0 saturated heterocycles. The van der Waals surface area contributed by atoms with Gasteiger partial charge in [-0.15, -0.1) is 0 Å². The molecule has 186 valence electrons. The summed E-state index contributed by atoms with van der Waals surface area (Å²) in [6.07, 6.45) is 0. The van der Waals surface area contributed by atoms with E-state index in [0.717, 1.165) is 20.8 Å². The van der Waals surface area contributed by atoms with Crippen LogP contribution in [0.5, 0.6) is 0 Å². The van der Waals surface area contributed by atoms with Gasteiger partial charge in [0.15, 0.2) is 5.76 Å². The summed E-state index contributed by atoms with van der Waals surface area (Å²) in [4.78, 5) is 24.8. The lowest BCUT2D eigenvalue weighted by atomic mass is 10.0. The molecule has 2 unspecified atom stereocenters. The van der Waals surface area contributed by atoms with Gasteiger partial charge in [0.25, 0.3) is 17.2 Å². The Bertz CT molecular complexity index is 1360. The number of carbonyl (C=O) groups excluding carboxylic acids is 2. The average molecular weight is 507 g/mol. The third kappa shape index (κ3) is 5.32. The molecular formula is C27H26N2O6S. The molecule has 36 heavy (non-hydrogen) atoms. The molecule has 0 spiro atoms. The maximum absolute atomic E-state index is 12.6. The van der Waals surface area contributed by atoms with Crippen molar-refractivity contribution in [2.24, 2.45) is 5.92 Å². The highest BCUT2D eigenvalue weighted by Crippen LogP contribution is 2.28. The predicted molar refractivity (Wildman–Crippen MR) is 140 cm³/mol. The van der Waals surface area contributed by atoms with Gasteiger partial charge in [-0.3, -0.25) is 13.7 Å². The van der Waals surface area contributed by atoms with Crippen molar-refractivity contribution in [3.8, 4) is 11.1 Å². The lowest BCUT2D eigenvalue weighted by Crippen LogP contribution is -2.46. The number of benzene rings is 3. The van der Waals surface area contributed by atoms with Crippen LogP contribution in [0, 0.1) is 5.92 Å². The fourth-order valence-electron chi connectivity index (χ4n) is 3.94. The summed E-state index contributed by atoms with van der Waals surface area (Å²) in [5, 5.41) is 3.69. The van der Waals surface area contributed by atoms with Gasteiger partial charge in [-0.2, -0.15) is 0 Å². The van der Waals surface area contributed by atoms with Crippen LogP contribution in [0.15, 0.2) is 83.3 Å². The fourth-order valence-corrected chi connectivity index (χ4v) is 4.77. The second-order valence-corrected chi connectivity index (χ2v) is 9.35. The minimum atomic E-state index is -2.42. The smallest absolute Gasteiger partial charge is 0.329 e. The Morgan fingerprint density at radius 1 is 0.972 bits per heavy atom. The Kier molecular flexibility index (Phi) is 7.52. The zero-order valence-electron chi connectivity index (χ0n) is 20.0. The Morgan fingerprint density at radius 2 is 1.58 bits per heavy atom. The van der Waals surface area contributed by atoms with Gasteiger partial charge in [0.2, 0.25) is 0 Å². The SMILES string of the molecule is COC(=O)C(C(C)C)N(c1ccc(-c2ccc(NC(=O)c3cc4ccccc4o3)cc2)cc1)S(=O)O. The average Bonchev–Trinajstić information content (AvgIpc) is 3.32. The molecule has 1 heterocycles. The van der Waals surface area contributed by atoms with Crippen LogP contribution < -0.4 is 9.62 Å². The van der Waals surface area contributed by atoms with E-state index in [1.54, 1.807) is 56.3 Å². The summed E-state index contributed by atoms with van der Waals surface area (Å²) in [6, 6.07) is 22.4. The van der Waals surface area contributed by atoms with Crippen molar-refractivity contribution in [1.29, 1.82) is 0 Å². The highest BCUT2D eigenvalue weighted by molar-refractivity contribution is 7.80. The number of hydrogen-bond donors (Lipinski definition) is 2. The Morgan fingerprint density at radius 3 is 2.14 bits per heavy atom. The molecule has 3 aromatic carbocycles. The highest BCUT2D eigenvalue weighted by atomic mass is 32.2. The van der Waals surface area contributed by atoms with Crippen LogP contribution in [-0.2, 0) is 20.8 Å². The second-order valence-electron chi connectivity index (χ2n) is 8.50. The van der Waals surface area contributed by atoms with E-state index >= 15 is 0 Å². The van der Waals surface area contributed by atoms with Crippen LogP contribution in [0.4, 0.5) is 11.4 Å². The van der Waals surface area contributed by atoms with Gasteiger partial charge in [-0.05, 0) is 53.4 Å². The molecule has 4 rings (SSSR count). The topological polar surface area (TPSA) is 109 Å². The number of ether oxygens (including phenoxy) is 1. The Labute approximate surface area is 211 Å². The number of amides is 1. The van der Waals surface area contributed by atoms with E-state index in [2.05, 4.69) is 5.32 Å². The van der Waals surface area contributed by atoms with E-state index in [1.165, 1.54) is 7.11 Å². The van der Waals surface area contributed by atoms with Gasteiger partial charge >= 0.3 is 5.97 Å². The molecule has 1 amide bonds. The molecule has 0 aliphatic heterocycles. The zero-order chi connectivity index (χ0) is 25.8. The first kappa shape index (κ1) is 25.2. The van der Waals surface area contributed by atoms with Crippen molar-refractivity contribution in [2.75, 3.05) is 16.7 Å². The van der Waals surface area contributed by atoms with E-state index < -0.39 is 23.3 Å². The van der Waals surface area contributed by atoms with E-state index in [9.17, 15) is 18.4 Å². The van der Waals surface area contributed by atoms with Crippen LogP contribution in [0.25, 0.3) is 22.1 Å². The third-order valence-electron chi connectivity index (χ3n) is 5.74. The molecule has 0 aliphatic rings. The summed E-state index contributed by atoms with van der Waals surface area (Å²) in [5.74, 6) is -0.952. The molecule has 1 aromatic heterocycles. The molecule has 4 aromatic rings. The minimum absolute atomic E-state index is 0.230. The molecule has 2 atom stereocenters. The molecule has 8 nitrogen and oxygen atoms in total. The number of esters is 1. The molecular weight excluding hydrogens is 480 g/mol. The minimum Gasteiger partial charge on any atom is -0.467 e. The van der Waals surface area contributed by atoms with Crippen LogP contribution in [0.3, 0.4) is 0 Å². The van der Waals surface area contributed by atoms with E-state index in [0.29, 0.717) is 17.0 Å². The monoisotopic (exact) mass is 506 g/mol. The van der Waals surface area contributed by atoms with Crippen molar-refractivity contribution >= 4 is 45.5 Å². The highest BCUT2D eigenvalue weighted by Gasteiger charge is 2.33. The number of nitrogens with one attached hydrogen (secondary N) is 1. The van der Waals surface area contributed by atoms with Gasteiger partial charge in [0.05, 0.1) is 12.8 Å². The van der Waals surface area contributed by atoms with Crippen molar-refractivity contribution in [2.45, 2.75) is 19.9 Å². The van der Waals surface area contributed by atoms with Crippen molar-refractivity contribution in [3.63, 3.8) is 0 Å². The molecule has 9 heteroatoms. The Balaban J connectivity index is 1.49. The maximum atomic E-state index is 12.6. The van der Waals surface area contributed by atoms with E-state index in [4.69, 9.17) is 9.15 Å². The fraction of sp³-hybridized carbons (Fsp3) is 0.185. The van der Waals surface area contributed by atoms with Gasteiger partial charge in [0.1, 0.15) is 11.6 Å². The van der Waals surface area contributed by atoms with Gasteiger partial charge in [-0.25, -0.2) is 9.00 Å². The Hall–Kier alpha value is -3.95. The number of anilines is 2. The van der Waals surface area contributed by atoms with Gasteiger partial charge in [0, 0.05) is 11.1 Å². The molecule has 0 saturated carbocycles. The summed E-state index contributed by atoms with van der Waals surface area (Å²) >= 11 is -2.42. The van der Waals surface area contributed by atoms with Gasteiger partial charge < -0.3 is 14.5 Å². The number of furan rings is 1. The molecule has 0 aliphatic carbocycles. The molecule has 2 N–H and O–H groups in total. The van der Waals surface area contributed by atoms with Crippen molar-refractivity contribution in [3.05, 3.63) is 84.6 Å². The number of methoxy groups -OCH3 is 1. The number of rotatable bonds is 8. The normalized spacial score (nSPS) is 12.8. The first-order chi connectivity index (χ1) is 17.3. The van der Waals surface area contributed by atoms with E-state index in [-0.39, 0.29) is 17.6 Å². The lowest BCUT2D eigenvalue weighted by Gasteiger charge is -2.30. The van der Waals surface area contributed by atoms with Crippen LogP contribution in [-0.4, -0.2) is 33.8 Å². The largest absolute Gasteiger partial charge is 0.467 e. The van der Waals surface area contributed by atoms with Crippen LogP contribution in [0.2, 0.25) is 0 Å². The third-order valence-corrected chi connectivity index (χ3v) is 6.52. The summed E-state index contributed by atoms with van der Waals surface area (Å²) in [6.45, 7) is 3.56. The van der Waals surface area contributed by atoms with Gasteiger partial charge in [-0.1, -0.05) is 56.3 Å². The predicted octanol–water partition coefficient (Wildman–Crippen LogP) is 5.49. The standard InChI is InChI=1S/C27H26N2O6S/c1-17(2)25(27(31)34-3)29(36(32)33)22-14-10-19(11-15-22)18-8-12-21(13-9-18)28-26(30)24-16-20-6-4-5-7-23(20)35-24/h4-17,25H,1-3H3,(H,28,30)(H,32,33). The number of carbonyl (C=O) groups is 2. The molecule has 0 radical (unpaired) electrons. The summed E-state index contributed by atoms with van der Waals surface area (Å²) < 4.78 is 33.6. The molecule has 0 bridgehead atoms. The maximum Gasteiger partial charge on any atom is 0.329 e. The van der Waals surface area contributed by atoms with Crippen LogP contribution in [0.1, 0.15) is 24.4 Å². The first-order valence-electron chi connectivity index (χ1n) is 11.3. The number of nitrogens with zero attached hydrogens (tertiary/aromatic N) is 1. The quantitative estimate of drug-likeness (QED) is 0.242. The lowest BCUT2D eigenvalue weighted by molar-refractivity contribution is -0.142. The number of hydrogen-bond acceptors (Lipinski definition) is 5. The van der Waals surface area contributed by atoms with E-state index in [1.807, 2.05) is 36.4 Å². The number of para-hydroxylation sites is 1.